The normalized spacial score (nSPS) is 13.2. The van der Waals surface area contributed by atoms with Crippen molar-refractivity contribution in [2.24, 2.45) is 11.3 Å². The van der Waals surface area contributed by atoms with Crippen molar-refractivity contribution in [1.29, 1.82) is 0 Å². The highest BCUT2D eigenvalue weighted by atomic mass is 16.3. The fraction of sp³-hybridized carbons (Fsp3) is 0.786. The van der Waals surface area contributed by atoms with E-state index < -0.39 is 0 Å². The topological polar surface area (TPSA) is 37.3 Å². The molecule has 0 bridgehead atoms. The maximum absolute atomic E-state index is 12.0. The van der Waals surface area contributed by atoms with Gasteiger partial charge < -0.3 is 5.11 Å². The van der Waals surface area contributed by atoms with Crippen LogP contribution in [-0.2, 0) is 4.79 Å². The number of hydrogen-bond donors (Lipinski definition) is 1. The average molecular weight is 226 g/mol. The van der Waals surface area contributed by atoms with E-state index in [1.54, 1.807) is 0 Å². The Labute approximate surface area is 99.7 Å². The van der Waals surface area contributed by atoms with Gasteiger partial charge in [-0.05, 0) is 25.7 Å². The molecular formula is C14H26O2. The maximum Gasteiger partial charge on any atom is 0.164 e. The smallest absolute Gasteiger partial charge is 0.164 e. The Balaban J connectivity index is 4.81. The van der Waals surface area contributed by atoms with Crippen LogP contribution in [0.2, 0.25) is 0 Å². The molecule has 0 fully saturated rings. The van der Waals surface area contributed by atoms with Gasteiger partial charge in [-0.15, -0.1) is 0 Å². The molecule has 0 aromatic carbocycles. The van der Waals surface area contributed by atoms with Crippen molar-refractivity contribution < 1.29 is 9.90 Å². The maximum atomic E-state index is 12.0. The molecule has 0 spiro atoms. The minimum Gasteiger partial charge on any atom is -0.512 e. The Morgan fingerprint density at radius 1 is 1.19 bits per heavy atom. The Morgan fingerprint density at radius 2 is 1.62 bits per heavy atom. The van der Waals surface area contributed by atoms with Crippen LogP contribution < -0.4 is 0 Å². The Morgan fingerprint density at radius 3 is 1.94 bits per heavy atom. The van der Waals surface area contributed by atoms with Gasteiger partial charge in [0, 0.05) is 17.4 Å². The lowest BCUT2D eigenvalue weighted by Crippen LogP contribution is -2.25. The van der Waals surface area contributed by atoms with Crippen LogP contribution in [0.15, 0.2) is 11.8 Å². The minimum absolute atomic E-state index is 0.0573. The van der Waals surface area contributed by atoms with E-state index in [0.29, 0.717) is 0 Å². The molecule has 0 heterocycles. The summed E-state index contributed by atoms with van der Waals surface area (Å²) in [5, 5.41) is 9.87. The van der Waals surface area contributed by atoms with E-state index in [1.807, 2.05) is 34.6 Å². The molecule has 0 aromatic heterocycles. The molecule has 0 unspecified atom stereocenters. The zero-order valence-corrected chi connectivity index (χ0v) is 11.3. The fourth-order valence-electron chi connectivity index (χ4n) is 1.73. The summed E-state index contributed by atoms with van der Waals surface area (Å²) in [5.41, 5.74) is -0.319. The summed E-state index contributed by atoms with van der Waals surface area (Å²) in [4.78, 5) is 12.0. The molecule has 94 valence electrons. The number of allylic oxidation sites excluding steroid dienone is 2. The Bertz CT molecular complexity index is 245. The predicted molar refractivity (Wildman–Crippen MR) is 68.5 cm³/mol. The molecule has 0 aliphatic heterocycles. The molecule has 1 N–H and O–H groups in total. The number of rotatable bonds is 7. The van der Waals surface area contributed by atoms with Gasteiger partial charge in [-0.25, -0.2) is 0 Å². The third kappa shape index (κ3) is 3.66. The van der Waals surface area contributed by atoms with E-state index in [9.17, 15) is 9.90 Å². The fourth-order valence-corrected chi connectivity index (χ4v) is 1.73. The zero-order valence-electron chi connectivity index (χ0n) is 11.3. The molecule has 16 heavy (non-hydrogen) atoms. The second-order valence-corrected chi connectivity index (χ2v) is 4.71. The van der Waals surface area contributed by atoms with Gasteiger partial charge in [0.25, 0.3) is 0 Å². The summed E-state index contributed by atoms with van der Waals surface area (Å²) in [7, 11) is 0. The Kier molecular flexibility index (Phi) is 6.39. The summed E-state index contributed by atoms with van der Waals surface area (Å²) in [6, 6.07) is 0. The van der Waals surface area contributed by atoms with E-state index >= 15 is 0 Å². The lowest BCUT2D eigenvalue weighted by atomic mass is 9.79. The first-order chi connectivity index (χ1) is 7.45. The molecule has 2 nitrogen and oxygen atoms in total. The molecule has 0 rings (SSSR count). The van der Waals surface area contributed by atoms with E-state index in [4.69, 9.17) is 0 Å². The summed E-state index contributed by atoms with van der Waals surface area (Å²) >= 11 is 0. The quantitative estimate of drug-likeness (QED) is 0.520. The van der Waals surface area contributed by atoms with Crippen molar-refractivity contribution in [3.63, 3.8) is 0 Å². The van der Waals surface area contributed by atoms with Crippen molar-refractivity contribution in [2.45, 2.75) is 60.3 Å². The largest absolute Gasteiger partial charge is 0.512 e. The van der Waals surface area contributed by atoms with Crippen LogP contribution in [0.5, 0.6) is 0 Å². The van der Waals surface area contributed by atoms with Crippen LogP contribution in [0.1, 0.15) is 60.3 Å². The monoisotopic (exact) mass is 226 g/mol. The molecule has 0 saturated heterocycles. The third-order valence-corrected chi connectivity index (χ3v) is 3.84. The lowest BCUT2D eigenvalue weighted by Gasteiger charge is -2.23. The van der Waals surface area contributed by atoms with Gasteiger partial charge in [0.05, 0.1) is 5.76 Å². The number of aliphatic hydroxyl groups excluding tert-OH is 1. The number of carbonyl (C=O) groups is 1. The molecule has 2 heteroatoms. The SMILES string of the molecule is CCC(CC)/C(O)=C/C(=O)C(C)(CC)CC. The van der Waals surface area contributed by atoms with Crippen molar-refractivity contribution in [3.05, 3.63) is 11.8 Å². The molecule has 0 aromatic rings. The summed E-state index contributed by atoms with van der Waals surface area (Å²) in [5.74, 6) is 0.437. The van der Waals surface area contributed by atoms with Gasteiger partial charge in [0.1, 0.15) is 0 Å². The summed E-state index contributed by atoms with van der Waals surface area (Å²) in [6.07, 6.45) is 4.83. The highest BCUT2D eigenvalue weighted by molar-refractivity contribution is 5.94. The number of carbonyl (C=O) groups excluding carboxylic acids is 1. The van der Waals surface area contributed by atoms with Crippen molar-refractivity contribution >= 4 is 5.78 Å². The van der Waals surface area contributed by atoms with E-state index in [2.05, 4.69) is 0 Å². The van der Waals surface area contributed by atoms with E-state index in [-0.39, 0.29) is 22.9 Å². The molecule has 0 aliphatic rings. The van der Waals surface area contributed by atoms with Gasteiger partial charge in [-0.1, -0.05) is 34.6 Å². The minimum atomic E-state index is -0.319. The molecule has 0 amide bonds. The summed E-state index contributed by atoms with van der Waals surface area (Å²) < 4.78 is 0. The van der Waals surface area contributed by atoms with Gasteiger partial charge in [0.15, 0.2) is 5.78 Å². The zero-order chi connectivity index (χ0) is 12.8. The van der Waals surface area contributed by atoms with Gasteiger partial charge in [-0.2, -0.15) is 0 Å². The first-order valence-corrected chi connectivity index (χ1v) is 6.40. The van der Waals surface area contributed by atoms with Crippen LogP contribution >= 0.6 is 0 Å². The van der Waals surface area contributed by atoms with Crippen molar-refractivity contribution in [1.82, 2.24) is 0 Å². The van der Waals surface area contributed by atoms with Crippen LogP contribution in [0.3, 0.4) is 0 Å². The molecule has 0 radical (unpaired) electrons. The first-order valence-electron chi connectivity index (χ1n) is 6.40. The van der Waals surface area contributed by atoms with Crippen LogP contribution in [0, 0.1) is 11.3 Å². The standard InChI is InChI=1S/C14H26O2/c1-6-11(7-2)12(15)10-13(16)14(5,8-3)9-4/h10-11,15H,6-9H2,1-5H3/b12-10-. The van der Waals surface area contributed by atoms with E-state index in [0.717, 1.165) is 25.7 Å². The highest BCUT2D eigenvalue weighted by Crippen LogP contribution is 2.28. The Hall–Kier alpha value is -0.790. The highest BCUT2D eigenvalue weighted by Gasteiger charge is 2.28. The van der Waals surface area contributed by atoms with Crippen LogP contribution in [0.4, 0.5) is 0 Å². The summed E-state index contributed by atoms with van der Waals surface area (Å²) in [6.45, 7) is 10.1. The van der Waals surface area contributed by atoms with E-state index in [1.165, 1.54) is 6.08 Å². The molecular weight excluding hydrogens is 200 g/mol. The van der Waals surface area contributed by atoms with Crippen LogP contribution in [0.25, 0.3) is 0 Å². The van der Waals surface area contributed by atoms with Gasteiger partial charge in [-0.3, -0.25) is 4.79 Å². The second kappa shape index (κ2) is 6.72. The van der Waals surface area contributed by atoms with Crippen molar-refractivity contribution in [3.8, 4) is 0 Å². The first kappa shape index (κ1) is 15.2. The second-order valence-electron chi connectivity index (χ2n) is 4.71. The van der Waals surface area contributed by atoms with Gasteiger partial charge in [0.2, 0.25) is 0 Å². The molecule has 0 aliphatic carbocycles. The lowest BCUT2D eigenvalue weighted by molar-refractivity contribution is -0.123. The van der Waals surface area contributed by atoms with Gasteiger partial charge >= 0.3 is 0 Å². The van der Waals surface area contributed by atoms with Crippen LogP contribution in [-0.4, -0.2) is 10.9 Å². The van der Waals surface area contributed by atoms with Crippen molar-refractivity contribution in [2.75, 3.05) is 0 Å². The molecule has 0 saturated carbocycles. The third-order valence-electron chi connectivity index (χ3n) is 3.84. The average Bonchev–Trinajstić information content (AvgIpc) is 2.29. The number of aliphatic hydroxyl groups is 1. The number of ketones is 1. The number of hydrogen-bond acceptors (Lipinski definition) is 2. The molecule has 0 atom stereocenters. The predicted octanol–water partition coefficient (Wildman–Crippen LogP) is 4.26.